The summed E-state index contributed by atoms with van der Waals surface area (Å²) in [6, 6.07) is 6.09. The molecular weight excluding hydrogens is 315 g/mol. The largest absolute Gasteiger partial charge is 0.392 e. The Morgan fingerprint density at radius 1 is 1.46 bits per heavy atom. The van der Waals surface area contributed by atoms with Crippen LogP contribution in [0.25, 0.3) is 10.1 Å². The number of benzene rings is 1. The smallest absolute Gasteiger partial charge is 0.0707 e. The molecule has 0 aliphatic heterocycles. The lowest BCUT2D eigenvalue weighted by molar-refractivity contribution is 0.281. The highest BCUT2D eigenvalue weighted by Crippen LogP contribution is 2.36. The molecule has 0 aliphatic rings. The Hall–Kier alpha value is 0.220. The van der Waals surface area contributed by atoms with Crippen LogP contribution in [-0.4, -0.2) is 5.11 Å². The van der Waals surface area contributed by atoms with E-state index in [-0.39, 0.29) is 6.61 Å². The number of aliphatic hydroxyl groups excluding tert-OH is 1. The molecule has 0 unspecified atom stereocenters. The van der Waals surface area contributed by atoms with E-state index >= 15 is 0 Å². The number of aliphatic hydroxyl groups is 1. The van der Waals surface area contributed by atoms with Gasteiger partial charge in [0.15, 0.2) is 0 Å². The Morgan fingerprint density at radius 3 is 2.92 bits per heavy atom. The molecule has 1 aromatic carbocycles. The Bertz CT molecular complexity index is 450. The van der Waals surface area contributed by atoms with E-state index in [2.05, 4.69) is 41.3 Å². The molecule has 0 saturated heterocycles. The number of hydrogen-bond donors (Lipinski definition) is 2. The second-order valence-corrected chi connectivity index (χ2v) is 5.59. The highest BCUT2D eigenvalue weighted by molar-refractivity contribution is 14.1. The monoisotopic (exact) mass is 322 g/mol. The summed E-state index contributed by atoms with van der Waals surface area (Å²) in [4.78, 5) is 0. The standard InChI is InChI=1S/C9H7IOS2/c10-7-3-1-2-5-6(4-11)9(12)13-8(5)7/h1-3,11-12H,4H2. The van der Waals surface area contributed by atoms with Crippen molar-refractivity contribution in [3.63, 3.8) is 0 Å². The van der Waals surface area contributed by atoms with E-state index < -0.39 is 0 Å². The van der Waals surface area contributed by atoms with Crippen LogP contribution in [-0.2, 0) is 6.61 Å². The number of rotatable bonds is 1. The van der Waals surface area contributed by atoms with Gasteiger partial charge in [-0.1, -0.05) is 12.1 Å². The van der Waals surface area contributed by atoms with Crippen molar-refractivity contribution in [3.05, 3.63) is 27.3 Å². The lowest BCUT2D eigenvalue weighted by atomic mass is 10.2. The van der Waals surface area contributed by atoms with Gasteiger partial charge in [0.05, 0.1) is 10.8 Å². The maximum absolute atomic E-state index is 9.15. The van der Waals surface area contributed by atoms with Crippen LogP contribution >= 0.6 is 46.6 Å². The Kier molecular flexibility index (Phi) is 2.83. The van der Waals surface area contributed by atoms with Crippen molar-refractivity contribution in [2.45, 2.75) is 10.8 Å². The average Bonchev–Trinajstić information content (AvgIpc) is 2.43. The lowest BCUT2D eigenvalue weighted by Crippen LogP contribution is -1.80. The lowest BCUT2D eigenvalue weighted by Gasteiger charge is -1.95. The highest BCUT2D eigenvalue weighted by atomic mass is 127. The van der Waals surface area contributed by atoms with Gasteiger partial charge in [-0.2, -0.15) is 0 Å². The maximum Gasteiger partial charge on any atom is 0.0707 e. The summed E-state index contributed by atoms with van der Waals surface area (Å²) >= 11 is 8.26. The van der Waals surface area contributed by atoms with E-state index in [9.17, 15) is 0 Å². The van der Waals surface area contributed by atoms with E-state index in [0.717, 1.165) is 15.2 Å². The molecule has 4 heteroatoms. The molecular formula is C9H7IOS2. The van der Waals surface area contributed by atoms with E-state index in [4.69, 9.17) is 5.11 Å². The fourth-order valence-electron chi connectivity index (χ4n) is 1.28. The Balaban J connectivity index is 2.86. The summed E-state index contributed by atoms with van der Waals surface area (Å²) in [7, 11) is 0. The number of thiophene rings is 1. The molecule has 1 heterocycles. The van der Waals surface area contributed by atoms with Gasteiger partial charge in [-0.15, -0.1) is 24.0 Å². The van der Waals surface area contributed by atoms with Crippen LogP contribution in [0.2, 0.25) is 0 Å². The van der Waals surface area contributed by atoms with Crippen molar-refractivity contribution in [1.29, 1.82) is 0 Å². The zero-order valence-corrected chi connectivity index (χ0v) is 10.5. The summed E-state index contributed by atoms with van der Waals surface area (Å²) < 4.78 is 3.36. The first kappa shape index (κ1) is 9.76. The third-order valence-corrected chi connectivity index (χ3v) is 4.80. The van der Waals surface area contributed by atoms with E-state index in [1.54, 1.807) is 11.3 Å². The van der Waals surface area contributed by atoms with Gasteiger partial charge in [0, 0.05) is 19.2 Å². The quantitative estimate of drug-likeness (QED) is 0.610. The molecule has 0 aliphatic carbocycles. The van der Waals surface area contributed by atoms with E-state index in [1.807, 2.05) is 12.1 Å². The molecule has 0 amide bonds. The van der Waals surface area contributed by atoms with Crippen LogP contribution in [0.1, 0.15) is 5.56 Å². The van der Waals surface area contributed by atoms with Gasteiger partial charge in [-0.3, -0.25) is 0 Å². The van der Waals surface area contributed by atoms with Gasteiger partial charge in [0.25, 0.3) is 0 Å². The van der Waals surface area contributed by atoms with Gasteiger partial charge < -0.3 is 5.11 Å². The van der Waals surface area contributed by atoms with Crippen LogP contribution in [0.5, 0.6) is 0 Å². The van der Waals surface area contributed by atoms with E-state index in [1.165, 1.54) is 8.27 Å². The molecule has 0 radical (unpaired) electrons. The zero-order chi connectivity index (χ0) is 9.42. The molecule has 2 aromatic rings. The van der Waals surface area contributed by atoms with Gasteiger partial charge in [-0.25, -0.2) is 0 Å². The minimum absolute atomic E-state index is 0.0684. The predicted octanol–water partition coefficient (Wildman–Crippen LogP) is 3.29. The van der Waals surface area contributed by atoms with Gasteiger partial charge in [0.1, 0.15) is 0 Å². The predicted molar refractivity (Wildman–Crippen MR) is 67.7 cm³/mol. The number of thiol groups is 1. The summed E-state index contributed by atoms with van der Waals surface area (Å²) in [6.45, 7) is 0.0684. The third-order valence-electron chi connectivity index (χ3n) is 1.91. The second-order valence-electron chi connectivity index (χ2n) is 2.66. The Labute approximate surface area is 99.3 Å². The first-order valence-corrected chi connectivity index (χ1v) is 6.08. The van der Waals surface area contributed by atoms with E-state index in [0.29, 0.717) is 0 Å². The molecule has 0 spiro atoms. The van der Waals surface area contributed by atoms with Crippen LogP contribution < -0.4 is 0 Å². The average molecular weight is 322 g/mol. The molecule has 1 aromatic heterocycles. The van der Waals surface area contributed by atoms with Crippen LogP contribution in [0.3, 0.4) is 0 Å². The van der Waals surface area contributed by atoms with Crippen molar-refractivity contribution in [1.82, 2.24) is 0 Å². The van der Waals surface area contributed by atoms with Crippen molar-refractivity contribution >= 4 is 56.6 Å². The summed E-state index contributed by atoms with van der Waals surface area (Å²) in [5, 5.41) is 10.3. The van der Waals surface area contributed by atoms with Crippen LogP contribution in [0.15, 0.2) is 22.4 Å². The molecule has 13 heavy (non-hydrogen) atoms. The van der Waals surface area contributed by atoms with Crippen molar-refractivity contribution < 1.29 is 5.11 Å². The number of fused-ring (bicyclic) bond motifs is 1. The van der Waals surface area contributed by atoms with Gasteiger partial charge in [-0.05, 0) is 28.7 Å². The first-order chi connectivity index (χ1) is 6.24. The molecule has 0 fully saturated rings. The van der Waals surface area contributed by atoms with Gasteiger partial charge in [0.2, 0.25) is 0 Å². The fourth-order valence-corrected chi connectivity index (χ4v) is 3.53. The molecule has 1 nitrogen and oxygen atoms in total. The SMILES string of the molecule is OCc1c(S)sc2c(I)cccc12. The second kappa shape index (κ2) is 3.76. The molecule has 0 saturated carbocycles. The Morgan fingerprint density at radius 2 is 2.23 bits per heavy atom. The van der Waals surface area contributed by atoms with Crippen LogP contribution in [0, 0.1) is 3.57 Å². The summed E-state index contributed by atoms with van der Waals surface area (Å²) in [6.07, 6.45) is 0. The van der Waals surface area contributed by atoms with Crippen molar-refractivity contribution in [3.8, 4) is 0 Å². The third kappa shape index (κ3) is 1.60. The summed E-state index contributed by atoms with van der Waals surface area (Å²) in [5.74, 6) is 0. The number of hydrogen-bond acceptors (Lipinski definition) is 3. The fraction of sp³-hybridized carbons (Fsp3) is 0.111. The molecule has 2 rings (SSSR count). The minimum atomic E-state index is 0.0684. The molecule has 1 N–H and O–H groups in total. The molecule has 0 bridgehead atoms. The normalized spacial score (nSPS) is 11.0. The topological polar surface area (TPSA) is 20.2 Å². The van der Waals surface area contributed by atoms with Crippen molar-refractivity contribution in [2.24, 2.45) is 0 Å². The molecule has 0 atom stereocenters. The van der Waals surface area contributed by atoms with Gasteiger partial charge >= 0.3 is 0 Å². The maximum atomic E-state index is 9.15. The minimum Gasteiger partial charge on any atom is -0.392 e. The highest BCUT2D eigenvalue weighted by Gasteiger charge is 2.09. The summed E-state index contributed by atoms with van der Waals surface area (Å²) in [5.41, 5.74) is 0.946. The number of halogens is 1. The first-order valence-electron chi connectivity index (χ1n) is 3.73. The van der Waals surface area contributed by atoms with Crippen molar-refractivity contribution in [2.75, 3.05) is 0 Å². The molecule has 68 valence electrons. The van der Waals surface area contributed by atoms with Crippen LogP contribution in [0.4, 0.5) is 0 Å². The zero-order valence-electron chi connectivity index (χ0n) is 6.62.